The lowest BCUT2D eigenvalue weighted by atomic mass is 9.97. The number of H-pyrrole nitrogens is 1. The van der Waals surface area contributed by atoms with Crippen molar-refractivity contribution in [2.45, 2.75) is 32.2 Å². The van der Waals surface area contributed by atoms with Crippen LogP contribution in [0.4, 0.5) is 0 Å². The summed E-state index contributed by atoms with van der Waals surface area (Å²) >= 11 is 0. The first kappa shape index (κ1) is 18.8. The lowest BCUT2D eigenvalue weighted by molar-refractivity contribution is 0.315. The van der Waals surface area contributed by atoms with Gasteiger partial charge in [-0.05, 0) is 25.3 Å². The second-order valence-electron chi connectivity index (χ2n) is 7.29. The molecule has 0 radical (unpaired) electrons. The summed E-state index contributed by atoms with van der Waals surface area (Å²) in [5, 5.41) is 8.08. The summed E-state index contributed by atoms with van der Waals surface area (Å²) < 4.78 is 26.5. The molecule has 0 amide bonds. The van der Waals surface area contributed by atoms with Gasteiger partial charge in [-0.1, -0.05) is 35.0 Å². The average Bonchev–Trinajstić information content (AvgIpc) is 3.06. The number of aromatic amines is 1. The number of fused-ring (bicyclic) bond motifs is 1. The average molecular weight is 402 g/mol. The Morgan fingerprint density at radius 3 is 2.50 bits per heavy atom. The van der Waals surface area contributed by atoms with E-state index in [0.29, 0.717) is 43.9 Å². The molecule has 1 saturated heterocycles. The highest BCUT2D eigenvalue weighted by atomic mass is 32.2. The van der Waals surface area contributed by atoms with Gasteiger partial charge in [-0.3, -0.25) is 4.79 Å². The van der Waals surface area contributed by atoms with Gasteiger partial charge in [0.05, 0.1) is 12.8 Å². The SMILES string of the molecule is Cc1ccc(Cn2nnc3c(=O)[nH]c(C4CCN(S(C)(=O)=O)CC4)nc32)cc1. The Kier molecular flexibility index (Phi) is 4.76. The Hall–Kier alpha value is -2.59. The summed E-state index contributed by atoms with van der Waals surface area (Å²) in [6.07, 6.45) is 2.44. The smallest absolute Gasteiger partial charge is 0.281 e. The molecule has 28 heavy (non-hydrogen) atoms. The molecule has 1 aliphatic rings. The van der Waals surface area contributed by atoms with Crippen LogP contribution in [0, 0.1) is 6.92 Å². The van der Waals surface area contributed by atoms with Gasteiger partial charge in [-0.2, -0.15) is 0 Å². The third-order valence-electron chi connectivity index (χ3n) is 5.15. The number of hydrogen-bond acceptors (Lipinski definition) is 6. The van der Waals surface area contributed by atoms with Gasteiger partial charge in [0, 0.05) is 19.0 Å². The van der Waals surface area contributed by atoms with Gasteiger partial charge < -0.3 is 4.98 Å². The summed E-state index contributed by atoms with van der Waals surface area (Å²) in [7, 11) is -3.19. The van der Waals surface area contributed by atoms with Gasteiger partial charge in [0.1, 0.15) is 5.82 Å². The van der Waals surface area contributed by atoms with Crippen LogP contribution in [0.1, 0.15) is 35.7 Å². The molecule has 1 fully saturated rings. The van der Waals surface area contributed by atoms with Crippen LogP contribution in [-0.4, -0.2) is 57.0 Å². The zero-order chi connectivity index (χ0) is 19.9. The quantitative estimate of drug-likeness (QED) is 0.697. The van der Waals surface area contributed by atoms with Crippen LogP contribution in [0.2, 0.25) is 0 Å². The number of nitrogens with zero attached hydrogens (tertiary/aromatic N) is 5. The van der Waals surface area contributed by atoms with E-state index in [1.165, 1.54) is 16.1 Å². The van der Waals surface area contributed by atoms with E-state index >= 15 is 0 Å². The summed E-state index contributed by atoms with van der Waals surface area (Å²) in [6.45, 7) is 3.34. The molecule has 0 unspecified atom stereocenters. The van der Waals surface area contributed by atoms with Crippen molar-refractivity contribution in [2.75, 3.05) is 19.3 Å². The van der Waals surface area contributed by atoms with Gasteiger partial charge in [0.25, 0.3) is 5.56 Å². The summed E-state index contributed by atoms with van der Waals surface area (Å²) in [5.74, 6) is 0.566. The molecule has 1 aromatic carbocycles. The van der Waals surface area contributed by atoms with Crippen molar-refractivity contribution in [2.24, 2.45) is 0 Å². The number of benzene rings is 1. The van der Waals surface area contributed by atoms with E-state index in [4.69, 9.17) is 0 Å². The van der Waals surface area contributed by atoms with Gasteiger partial charge >= 0.3 is 0 Å². The Bertz CT molecular complexity index is 1160. The van der Waals surface area contributed by atoms with Crippen molar-refractivity contribution in [3.8, 4) is 0 Å². The third kappa shape index (κ3) is 3.69. The summed E-state index contributed by atoms with van der Waals surface area (Å²) in [6, 6.07) is 8.07. The van der Waals surface area contributed by atoms with Crippen molar-refractivity contribution in [3.05, 3.63) is 51.6 Å². The molecular formula is C18H22N6O3S. The molecule has 10 heteroatoms. The number of hydrogen-bond donors (Lipinski definition) is 1. The Labute approximate surface area is 162 Å². The van der Waals surface area contributed by atoms with Crippen LogP contribution in [0.5, 0.6) is 0 Å². The number of rotatable bonds is 4. The molecule has 148 valence electrons. The van der Waals surface area contributed by atoms with Gasteiger partial charge in [-0.15, -0.1) is 5.10 Å². The van der Waals surface area contributed by atoms with E-state index in [9.17, 15) is 13.2 Å². The number of aromatic nitrogens is 5. The topological polar surface area (TPSA) is 114 Å². The molecule has 2 aromatic heterocycles. The van der Waals surface area contributed by atoms with E-state index in [1.54, 1.807) is 4.68 Å². The molecule has 1 aliphatic heterocycles. The van der Waals surface area contributed by atoms with E-state index in [-0.39, 0.29) is 17.0 Å². The molecular weight excluding hydrogens is 380 g/mol. The molecule has 3 aromatic rings. The number of nitrogens with one attached hydrogen (secondary N) is 1. The lowest BCUT2D eigenvalue weighted by Crippen LogP contribution is -2.37. The third-order valence-corrected chi connectivity index (χ3v) is 6.46. The lowest BCUT2D eigenvalue weighted by Gasteiger charge is -2.29. The maximum Gasteiger partial charge on any atom is 0.281 e. The minimum atomic E-state index is -3.19. The first-order chi connectivity index (χ1) is 13.3. The van der Waals surface area contributed by atoms with Crippen molar-refractivity contribution >= 4 is 21.2 Å². The zero-order valence-corrected chi connectivity index (χ0v) is 16.6. The second-order valence-corrected chi connectivity index (χ2v) is 9.27. The van der Waals surface area contributed by atoms with Crippen molar-refractivity contribution in [3.63, 3.8) is 0 Å². The molecule has 0 aliphatic carbocycles. The van der Waals surface area contributed by atoms with Crippen molar-refractivity contribution < 1.29 is 8.42 Å². The summed E-state index contributed by atoms with van der Waals surface area (Å²) in [5.41, 5.74) is 2.56. The fraction of sp³-hybridized carbons (Fsp3) is 0.444. The highest BCUT2D eigenvalue weighted by molar-refractivity contribution is 7.88. The predicted molar refractivity (Wildman–Crippen MR) is 105 cm³/mol. The van der Waals surface area contributed by atoms with E-state index in [1.807, 2.05) is 31.2 Å². The monoisotopic (exact) mass is 402 g/mol. The molecule has 0 spiro atoms. The van der Waals surface area contributed by atoms with Crippen LogP contribution in [0.3, 0.4) is 0 Å². The van der Waals surface area contributed by atoms with Gasteiger partial charge in [0.2, 0.25) is 10.0 Å². The number of piperidine rings is 1. The molecule has 9 nitrogen and oxygen atoms in total. The molecule has 3 heterocycles. The van der Waals surface area contributed by atoms with Gasteiger partial charge in [-0.25, -0.2) is 22.4 Å². The first-order valence-corrected chi connectivity index (χ1v) is 11.0. The minimum absolute atomic E-state index is 0.00201. The number of sulfonamides is 1. The molecule has 1 N–H and O–H groups in total. The van der Waals surface area contributed by atoms with Crippen LogP contribution in [0.15, 0.2) is 29.1 Å². The number of aryl methyl sites for hydroxylation is 1. The standard InChI is InChI=1S/C18H22N6O3S/c1-12-3-5-13(6-4-12)11-24-17-15(21-22-24)18(25)20-16(19-17)14-7-9-23(10-8-14)28(2,26)27/h3-6,14H,7-11H2,1-2H3,(H,19,20,25). The molecule has 4 rings (SSSR count). The van der Waals surface area contributed by atoms with E-state index in [0.717, 1.165) is 5.56 Å². The highest BCUT2D eigenvalue weighted by Gasteiger charge is 2.28. The zero-order valence-electron chi connectivity index (χ0n) is 15.8. The largest absolute Gasteiger partial charge is 0.308 e. The van der Waals surface area contributed by atoms with Crippen molar-refractivity contribution in [1.29, 1.82) is 0 Å². The normalized spacial score (nSPS) is 16.6. The summed E-state index contributed by atoms with van der Waals surface area (Å²) in [4.78, 5) is 19.9. The molecule has 0 saturated carbocycles. The maximum atomic E-state index is 12.5. The Morgan fingerprint density at radius 1 is 1.18 bits per heavy atom. The van der Waals surface area contributed by atoms with E-state index in [2.05, 4.69) is 20.3 Å². The fourth-order valence-electron chi connectivity index (χ4n) is 3.51. The Balaban J connectivity index is 1.62. The van der Waals surface area contributed by atoms with E-state index < -0.39 is 10.0 Å². The predicted octanol–water partition coefficient (Wildman–Crippen LogP) is 1.01. The Morgan fingerprint density at radius 2 is 1.86 bits per heavy atom. The first-order valence-electron chi connectivity index (χ1n) is 9.15. The van der Waals surface area contributed by atoms with Crippen LogP contribution < -0.4 is 5.56 Å². The van der Waals surface area contributed by atoms with Crippen molar-refractivity contribution in [1.82, 2.24) is 29.3 Å². The highest BCUT2D eigenvalue weighted by Crippen LogP contribution is 2.26. The van der Waals surface area contributed by atoms with Crippen LogP contribution in [0.25, 0.3) is 11.2 Å². The minimum Gasteiger partial charge on any atom is -0.308 e. The van der Waals surface area contributed by atoms with Crippen LogP contribution >= 0.6 is 0 Å². The molecule has 0 atom stereocenters. The second kappa shape index (κ2) is 7.10. The fourth-order valence-corrected chi connectivity index (χ4v) is 4.38. The van der Waals surface area contributed by atoms with Crippen LogP contribution in [-0.2, 0) is 16.6 Å². The molecule has 0 bridgehead atoms. The maximum absolute atomic E-state index is 12.5. The van der Waals surface area contributed by atoms with Gasteiger partial charge in [0.15, 0.2) is 11.2 Å².